The van der Waals surface area contributed by atoms with E-state index in [1.807, 2.05) is 25.2 Å². The zero-order valence-electron chi connectivity index (χ0n) is 11.2. The zero-order valence-corrected chi connectivity index (χ0v) is 11.2. The molecule has 0 atom stereocenters. The lowest BCUT2D eigenvalue weighted by molar-refractivity contribution is 0.297. The van der Waals surface area contributed by atoms with Crippen LogP contribution in [0.3, 0.4) is 0 Å². The van der Waals surface area contributed by atoms with E-state index in [1.165, 1.54) is 0 Å². The first-order valence-corrected chi connectivity index (χ1v) is 6.49. The van der Waals surface area contributed by atoms with E-state index in [9.17, 15) is 0 Å². The summed E-state index contributed by atoms with van der Waals surface area (Å²) in [5.41, 5.74) is 0.814. The summed E-state index contributed by atoms with van der Waals surface area (Å²) in [6.07, 6.45) is 0.883. The number of nitrogens with zero attached hydrogens (tertiary/aromatic N) is 2. The number of hydrogen-bond acceptors (Lipinski definition) is 7. The standard InChI is InChI=1S/C13H16N4O3/c1-14-8-12-16-17-13(20-12)15-9-3-4-10-11(7-9)19-6-2-5-18-10/h3-4,7,14H,2,5-6,8H2,1H3,(H,15,17). The maximum absolute atomic E-state index is 5.63. The third-order valence-electron chi connectivity index (χ3n) is 2.79. The highest BCUT2D eigenvalue weighted by molar-refractivity contribution is 5.59. The van der Waals surface area contributed by atoms with Gasteiger partial charge >= 0.3 is 6.01 Å². The number of rotatable bonds is 4. The molecule has 2 N–H and O–H groups in total. The summed E-state index contributed by atoms with van der Waals surface area (Å²) in [4.78, 5) is 0. The molecule has 1 aromatic carbocycles. The Morgan fingerprint density at radius 1 is 1.15 bits per heavy atom. The van der Waals surface area contributed by atoms with Gasteiger partial charge in [0.25, 0.3) is 0 Å². The fraction of sp³-hybridized carbons (Fsp3) is 0.385. The minimum absolute atomic E-state index is 0.352. The second-order valence-electron chi connectivity index (χ2n) is 4.37. The summed E-state index contributed by atoms with van der Waals surface area (Å²) in [6.45, 7) is 1.87. The fourth-order valence-corrected chi connectivity index (χ4v) is 1.89. The molecule has 0 saturated heterocycles. The molecule has 3 rings (SSSR count). The van der Waals surface area contributed by atoms with Crippen molar-refractivity contribution in [1.29, 1.82) is 0 Å². The van der Waals surface area contributed by atoms with Crippen LogP contribution in [0.5, 0.6) is 11.5 Å². The number of anilines is 2. The van der Waals surface area contributed by atoms with E-state index < -0.39 is 0 Å². The second-order valence-corrected chi connectivity index (χ2v) is 4.37. The molecule has 1 aliphatic heterocycles. The highest BCUT2D eigenvalue weighted by Gasteiger charge is 2.12. The maximum atomic E-state index is 5.63. The molecule has 0 amide bonds. The van der Waals surface area contributed by atoms with E-state index in [-0.39, 0.29) is 0 Å². The lowest BCUT2D eigenvalue weighted by atomic mass is 10.3. The Balaban J connectivity index is 1.75. The van der Waals surface area contributed by atoms with Gasteiger partial charge in [-0.1, -0.05) is 5.10 Å². The fourth-order valence-electron chi connectivity index (χ4n) is 1.89. The van der Waals surface area contributed by atoms with Crippen LogP contribution in [-0.4, -0.2) is 30.5 Å². The first kappa shape index (κ1) is 12.7. The second kappa shape index (κ2) is 5.79. The van der Waals surface area contributed by atoms with Gasteiger partial charge in [0, 0.05) is 18.2 Å². The quantitative estimate of drug-likeness (QED) is 0.879. The maximum Gasteiger partial charge on any atom is 0.320 e. The number of aromatic nitrogens is 2. The van der Waals surface area contributed by atoms with Crippen molar-refractivity contribution in [2.75, 3.05) is 25.6 Å². The van der Waals surface area contributed by atoms with Crippen molar-refractivity contribution in [3.63, 3.8) is 0 Å². The van der Waals surface area contributed by atoms with Crippen LogP contribution < -0.4 is 20.1 Å². The van der Waals surface area contributed by atoms with Gasteiger partial charge in [0.2, 0.25) is 5.89 Å². The Morgan fingerprint density at radius 3 is 2.85 bits per heavy atom. The van der Waals surface area contributed by atoms with Gasteiger partial charge in [-0.25, -0.2) is 0 Å². The number of nitrogens with one attached hydrogen (secondary N) is 2. The van der Waals surface area contributed by atoms with E-state index in [0.717, 1.165) is 23.6 Å². The van der Waals surface area contributed by atoms with E-state index in [4.69, 9.17) is 13.9 Å². The Kier molecular flexibility index (Phi) is 3.69. The van der Waals surface area contributed by atoms with Crippen LogP contribution in [0.2, 0.25) is 0 Å². The van der Waals surface area contributed by atoms with E-state index in [0.29, 0.717) is 31.7 Å². The SMILES string of the molecule is CNCc1nnc(Nc2ccc3c(c2)OCCCO3)o1. The summed E-state index contributed by atoms with van der Waals surface area (Å²) in [5, 5.41) is 13.8. The van der Waals surface area contributed by atoms with Crippen LogP contribution in [0.25, 0.3) is 0 Å². The first-order chi connectivity index (χ1) is 9.85. The topological polar surface area (TPSA) is 81.4 Å². The van der Waals surface area contributed by atoms with E-state index in [2.05, 4.69) is 20.8 Å². The Bertz CT molecular complexity index is 585. The smallest absolute Gasteiger partial charge is 0.320 e. The molecule has 106 valence electrons. The first-order valence-electron chi connectivity index (χ1n) is 6.49. The Morgan fingerprint density at radius 2 is 2.00 bits per heavy atom. The predicted molar refractivity (Wildman–Crippen MR) is 72.4 cm³/mol. The van der Waals surface area contributed by atoms with Crippen molar-refractivity contribution in [1.82, 2.24) is 15.5 Å². The molecule has 0 unspecified atom stereocenters. The largest absolute Gasteiger partial charge is 0.490 e. The normalized spacial score (nSPS) is 13.8. The molecule has 1 aliphatic rings. The third kappa shape index (κ3) is 2.83. The molecule has 2 heterocycles. The van der Waals surface area contributed by atoms with Crippen LogP contribution in [-0.2, 0) is 6.54 Å². The Labute approximate surface area is 116 Å². The Hall–Kier alpha value is -2.28. The molecule has 0 aliphatic carbocycles. The molecule has 0 fully saturated rings. The molecule has 0 radical (unpaired) electrons. The molecule has 20 heavy (non-hydrogen) atoms. The van der Waals surface area contributed by atoms with Crippen molar-refractivity contribution < 1.29 is 13.9 Å². The summed E-state index contributed by atoms with van der Waals surface area (Å²) in [5.74, 6) is 2.02. The third-order valence-corrected chi connectivity index (χ3v) is 2.79. The lowest BCUT2D eigenvalue weighted by Crippen LogP contribution is -2.04. The van der Waals surface area contributed by atoms with Crippen molar-refractivity contribution >= 4 is 11.7 Å². The van der Waals surface area contributed by atoms with Crippen molar-refractivity contribution in [2.45, 2.75) is 13.0 Å². The van der Waals surface area contributed by atoms with Crippen molar-refractivity contribution in [3.8, 4) is 11.5 Å². The molecule has 1 aromatic heterocycles. The van der Waals surface area contributed by atoms with Gasteiger partial charge in [-0.3, -0.25) is 0 Å². The van der Waals surface area contributed by atoms with Crippen molar-refractivity contribution in [3.05, 3.63) is 24.1 Å². The van der Waals surface area contributed by atoms with E-state index in [1.54, 1.807) is 0 Å². The zero-order chi connectivity index (χ0) is 13.8. The summed E-state index contributed by atoms with van der Waals surface area (Å²) in [6, 6.07) is 5.97. The van der Waals surface area contributed by atoms with Gasteiger partial charge in [-0.05, 0) is 19.2 Å². The van der Waals surface area contributed by atoms with Crippen molar-refractivity contribution in [2.24, 2.45) is 0 Å². The van der Waals surface area contributed by atoms with Gasteiger partial charge in [-0.2, -0.15) is 0 Å². The average Bonchev–Trinajstić information content (AvgIpc) is 2.75. The monoisotopic (exact) mass is 276 g/mol. The van der Waals surface area contributed by atoms with Gasteiger partial charge < -0.3 is 24.5 Å². The molecule has 0 saturated carbocycles. The molecule has 0 bridgehead atoms. The van der Waals surface area contributed by atoms with Crippen LogP contribution >= 0.6 is 0 Å². The number of ether oxygens (including phenoxy) is 2. The van der Waals surface area contributed by atoms with Gasteiger partial charge in [0.05, 0.1) is 19.8 Å². The highest BCUT2D eigenvalue weighted by Crippen LogP contribution is 2.33. The van der Waals surface area contributed by atoms with Gasteiger partial charge in [0.1, 0.15) is 0 Å². The molecule has 0 spiro atoms. The summed E-state index contributed by atoms with van der Waals surface area (Å²) in [7, 11) is 1.82. The molecular formula is C13H16N4O3. The lowest BCUT2D eigenvalue weighted by Gasteiger charge is -2.09. The predicted octanol–water partition coefficient (Wildman–Crippen LogP) is 1.69. The average molecular weight is 276 g/mol. The summed E-state index contributed by atoms with van der Waals surface area (Å²) < 4.78 is 16.6. The number of hydrogen-bond donors (Lipinski definition) is 2. The summed E-state index contributed by atoms with van der Waals surface area (Å²) >= 11 is 0. The molecule has 2 aromatic rings. The highest BCUT2D eigenvalue weighted by atomic mass is 16.5. The molecule has 7 nitrogen and oxygen atoms in total. The molecular weight excluding hydrogens is 260 g/mol. The van der Waals surface area contributed by atoms with Crippen LogP contribution in [0.1, 0.15) is 12.3 Å². The minimum Gasteiger partial charge on any atom is -0.490 e. The molecule has 7 heteroatoms. The number of fused-ring (bicyclic) bond motifs is 1. The minimum atomic E-state index is 0.352. The van der Waals surface area contributed by atoms with Crippen LogP contribution in [0, 0.1) is 0 Å². The number of benzene rings is 1. The van der Waals surface area contributed by atoms with Crippen LogP contribution in [0.15, 0.2) is 22.6 Å². The van der Waals surface area contributed by atoms with Crippen LogP contribution in [0.4, 0.5) is 11.7 Å². The van der Waals surface area contributed by atoms with Gasteiger partial charge in [0.15, 0.2) is 11.5 Å². The van der Waals surface area contributed by atoms with Gasteiger partial charge in [-0.15, -0.1) is 5.10 Å². The van der Waals surface area contributed by atoms with E-state index >= 15 is 0 Å².